The first-order valence-corrected chi connectivity index (χ1v) is 11.8. The Labute approximate surface area is 184 Å². The molecule has 1 N–H and O–H groups in total. The maximum atomic E-state index is 12.5. The highest BCUT2D eigenvalue weighted by atomic mass is 32.1. The van der Waals surface area contributed by atoms with E-state index in [1.165, 1.54) is 39.3 Å². The van der Waals surface area contributed by atoms with Crippen molar-refractivity contribution in [3.05, 3.63) is 50.8 Å². The van der Waals surface area contributed by atoms with E-state index in [0.717, 1.165) is 29.9 Å². The third-order valence-corrected chi connectivity index (χ3v) is 7.45. The van der Waals surface area contributed by atoms with Gasteiger partial charge in [0.2, 0.25) is 5.91 Å². The number of carbonyl (C=O) groups excluding carboxylic acids is 1. The Morgan fingerprint density at radius 2 is 2.03 bits per heavy atom. The first kappa shape index (κ1) is 22.5. The Kier molecular flexibility index (Phi) is 7.02. The van der Waals surface area contributed by atoms with Crippen LogP contribution in [0.15, 0.2) is 23.6 Å². The number of thiophene rings is 1. The minimum absolute atomic E-state index is 0.00714. The zero-order chi connectivity index (χ0) is 22.0. The van der Waals surface area contributed by atoms with Gasteiger partial charge in [-0.3, -0.25) is 9.59 Å². The van der Waals surface area contributed by atoms with Crippen LogP contribution in [0.3, 0.4) is 0 Å². The minimum atomic E-state index is -0.0357. The molecule has 1 unspecified atom stereocenters. The van der Waals surface area contributed by atoms with Crippen LogP contribution in [-0.4, -0.2) is 17.0 Å². The first-order valence-electron chi connectivity index (χ1n) is 11.0. The van der Waals surface area contributed by atoms with Gasteiger partial charge in [-0.15, -0.1) is 11.3 Å². The third kappa shape index (κ3) is 4.77. The number of allylic oxidation sites excluding steroid dienone is 1. The molecule has 1 aliphatic carbocycles. The van der Waals surface area contributed by atoms with Gasteiger partial charge in [-0.05, 0) is 80.6 Å². The van der Waals surface area contributed by atoms with E-state index in [0.29, 0.717) is 13.0 Å². The van der Waals surface area contributed by atoms with Gasteiger partial charge in [0, 0.05) is 47.6 Å². The average molecular weight is 427 g/mol. The summed E-state index contributed by atoms with van der Waals surface area (Å²) in [6.07, 6.45) is 6.79. The molecule has 1 fully saturated rings. The van der Waals surface area contributed by atoms with Crippen LogP contribution in [0.4, 0.5) is 0 Å². The second kappa shape index (κ2) is 9.34. The van der Waals surface area contributed by atoms with Crippen molar-refractivity contribution in [2.75, 3.05) is 6.54 Å². The van der Waals surface area contributed by atoms with E-state index < -0.39 is 0 Å². The Hall–Kier alpha value is -2.14. The second-order valence-electron chi connectivity index (χ2n) is 8.59. The minimum Gasteiger partial charge on any atom is -0.356 e. The Balaban J connectivity index is 2.13. The van der Waals surface area contributed by atoms with E-state index in [2.05, 4.69) is 32.7 Å². The van der Waals surface area contributed by atoms with E-state index in [9.17, 15) is 9.59 Å². The lowest BCUT2D eigenvalue weighted by Gasteiger charge is -2.20. The van der Waals surface area contributed by atoms with Crippen LogP contribution in [-0.2, 0) is 11.8 Å². The van der Waals surface area contributed by atoms with E-state index in [1.807, 2.05) is 13.1 Å². The molecule has 0 radical (unpaired) electrons. The number of nitrogens with zero attached hydrogens (tertiary/aromatic N) is 1. The molecule has 1 amide bonds. The molecular weight excluding hydrogens is 392 g/mol. The number of amides is 1. The fourth-order valence-electron chi connectivity index (χ4n) is 4.15. The summed E-state index contributed by atoms with van der Waals surface area (Å²) in [5.41, 5.74) is 5.75. The first-order chi connectivity index (χ1) is 14.3. The number of pyridine rings is 1. The van der Waals surface area contributed by atoms with Crippen molar-refractivity contribution in [1.82, 2.24) is 9.88 Å². The van der Waals surface area contributed by atoms with Crippen LogP contribution in [0.25, 0.3) is 16.0 Å². The van der Waals surface area contributed by atoms with Gasteiger partial charge >= 0.3 is 0 Å². The summed E-state index contributed by atoms with van der Waals surface area (Å²) < 4.78 is 1.65. The quantitative estimate of drug-likeness (QED) is 0.570. The number of hydrogen-bond acceptors (Lipinski definition) is 3. The monoisotopic (exact) mass is 426 g/mol. The summed E-state index contributed by atoms with van der Waals surface area (Å²) in [7, 11) is 1.80. The Bertz CT molecular complexity index is 1010. The van der Waals surface area contributed by atoms with E-state index in [1.54, 1.807) is 29.0 Å². The number of hydrogen-bond donors (Lipinski definition) is 1. The van der Waals surface area contributed by atoms with Gasteiger partial charge in [-0.1, -0.05) is 13.5 Å². The summed E-state index contributed by atoms with van der Waals surface area (Å²) in [6, 6.07) is 1.74. The second-order valence-corrected chi connectivity index (χ2v) is 9.82. The van der Waals surface area contributed by atoms with Gasteiger partial charge in [0.1, 0.15) is 0 Å². The molecule has 0 aliphatic heterocycles. The molecule has 1 saturated carbocycles. The molecule has 0 spiro atoms. The molecular formula is C25H34N2O2S. The van der Waals surface area contributed by atoms with Gasteiger partial charge in [0.15, 0.2) is 0 Å². The van der Waals surface area contributed by atoms with E-state index in [4.69, 9.17) is 0 Å². The van der Waals surface area contributed by atoms with Crippen molar-refractivity contribution in [1.29, 1.82) is 0 Å². The number of nitrogens with one attached hydrogen (secondary N) is 1. The summed E-state index contributed by atoms with van der Waals surface area (Å²) >= 11 is 1.78. The number of rotatable bonds is 9. The molecule has 3 rings (SSSR count). The van der Waals surface area contributed by atoms with E-state index >= 15 is 0 Å². The third-order valence-electron chi connectivity index (χ3n) is 6.21. The summed E-state index contributed by atoms with van der Waals surface area (Å²) in [5.74, 6) is 0.811. The fourth-order valence-corrected chi connectivity index (χ4v) is 5.40. The molecule has 162 valence electrons. The normalized spacial score (nSPS) is 14.6. The topological polar surface area (TPSA) is 51.1 Å². The molecule has 0 aromatic carbocycles. The van der Waals surface area contributed by atoms with Gasteiger partial charge in [0.25, 0.3) is 5.56 Å². The van der Waals surface area contributed by atoms with Crippen LogP contribution in [0, 0.1) is 19.8 Å². The largest absolute Gasteiger partial charge is 0.356 e. The molecule has 5 heteroatoms. The summed E-state index contributed by atoms with van der Waals surface area (Å²) in [6.45, 7) is 13.4. The van der Waals surface area contributed by atoms with Crippen molar-refractivity contribution in [2.45, 2.75) is 65.7 Å². The molecule has 2 aromatic heterocycles. The summed E-state index contributed by atoms with van der Waals surface area (Å²) in [5, 5.41) is 2.90. The lowest BCUT2D eigenvalue weighted by atomic mass is 9.87. The fraction of sp³-hybridized carbons (Fsp3) is 0.520. The molecule has 0 bridgehead atoms. The standard InChI is InChI=1S/C25H34N2O2S/c1-7-19(12-22(28)26-8-2)20-13-23(29)27(6)14-21(20)25-24(16(4)17(5)30-25)15(3)11-18-9-10-18/h13-14,18-19H,3,7-12H2,1-2,4-6H3,(H,26,28). The lowest BCUT2D eigenvalue weighted by Crippen LogP contribution is -2.25. The molecule has 4 nitrogen and oxygen atoms in total. The van der Waals surface area contributed by atoms with Crippen LogP contribution in [0.2, 0.25) is 0 Å². The van der Waals surface area contributed by atoms with Gasteiger partial charge in [-0.2, -0.15) is 0 Å². The van der Waals surface area contributed by atoms with Gasteiger partial charge in [-0.25, -0.2) is 0 Å². The maximum absolute atomic E-state index is 12.5. The van der Waals surface area contributed by atoms with Gasteiger partial charge < -0.3 is 9.88 Å². The van der Waals surface area contributed by atoms with Crippen molar-refractivity contribution >= 4 is 22.8 Å². The predicted molar refractivity (Wildman–Crippen MR) is 127 cm³/mol. The van der Waals surface area contributed by atoms with Crippen LogP contribution in [0.1, 0.15) is 73.4 Å². The number of aryl methyl sites for hydroxylation is 2. The molecule has 30 heavy (non-hydrogen) atoms. The Morgan fingerprint density at radius 1 is 1.33 bits per heavy atom. The van der Waals surface area contributed by atoms with Crippen LogP contribution < -0.4 is 10.9 Å². The highest BCUT2D eigenvalue weighted by Gasteiger charge is 2.27. The molecule has 1 atom stereocenters. The van der Waals surface area contributed by atoms with Gasteiger partial charge in [0.05, 0.1) is 0 Å². The molecule has 2 heterocycles. The highest BCUT2D eigenvalue weighted by Crippen LogP contribution is 2.46. The van der Waals surface area contributed by atoms with Crippen molar-refractivity contribution in [2.24, 2.45) is 13.0 Å². The average Bonchev–Trinajstić information content (AvgIpc) is 3.46. The predicted octanol–water partition coefficient (Wildman–Crippen LogP) is 5.56. The van der Waals surface area contributed by atoms with Crippen LogP contribution in [0.5, 0.6) is 0 Å². The van der Waals surface area contributed by atoms with Crippen molar-refractivity contribution in [3.63, 3.8) is 0 Å². The Morgan fingerprint density at radius 3 is 2.63 bits per heavy atom. The SMILES string of the molecule is C=C(CC1CC1)c1c(-c2cn(C)c(=O)cc2C(CC)CC(=O)NCC)sc(C)c1C. The molecule has 2 aromatic rings. The van der Waals surface area contributed by atoms with E-state index in [-0.39, 0.29) is 17.4 Å². The van der Waals surface area contributed by atoms with Crippen molar-refractivity contribution in [3.8, 4) is 10.4 Å². The van der Waals surface area contributed by atoms with Crippen LogP contribution >= 0.6 is 11.3 Å². The zero-order valence-corrected chi connectivity index (χ0v) is 19.7. The zero-order valence-electron chi connectivity index (χ0n) is 18.9. The highest BCUT2D eigenvalue weighted by molar-refractivity contribution is 7.16. The molecule has 1 aliphatic rings. The number of aromatic nitrogens is 1. The maximum Gasteiger partial charge on any atom is 0.250 e. The van der Waals surface area contributed by atoms with Crippen molar-refractivity contribution < 1.29 is 4.79 Å². The summed E-state index contributed by atoms with van der Waals surface area (Å²) in [4.78, 5) is 27.4. The lowest BCUT2D eigenvalue weighted by molar-refractivity contribution is -0.121. The number of carbonyl (C=O) groups is 1. The smallest absolute Gasteiger partial charge is 0.250 e. The molecule has 0 saturated heterocycles.